The SMILES string of the molecule is CCOC(=O)C1=C2CN(C(=O)CN)CCN2C(c2nccs2)=NC1. The van der Waals surface area contributed by atoms with Gasteiger partial charge in [0.25, 0.3) is 0 Å². The van der Waals surface area contributed by atoms with Crippen LogP contribution in [0, 0.1) is 0 Å². The van der Waals surface area contributed by atoms with Crippen molar-refractivity contribution in [2.24, 2.45) is 10.7 Å². The van der Waals surface area contributed by atoms with Gasteiger partial charge in [0.15, 0.2) is 10.8 Å². The third-order valence-corrected chi connectivity index (χ3v) is 4.69. The van der Waals surface area contributed by atoms with Crippen LogP contribution in [0.15, 0.2) is 27.8 Å². The van der Waals surface area contributed by atoms with Gasteiger partial charge in [-0.1, -0.05) is 0 Å². The minimum absolute atomic E-state index is 0.0462. The summed E-state index contributed by atoms with van der Waals surface area (Å²) in [5.41, 5.74) is 6.72. The van der Waals surface area contributed by atoms with Crippen molar-refractivity contribution in [1.29, 1.82) is 0 Å². The zero-order valence-corrected chi connectivity index (χ0v) is 14.2. The molecule has 0 spiro atoms. The van der Waals surface area contributed by atoms with Gasteiger partial charge in [-0.3, -0.25) is 9.79 Å². The highest BCUT2D eigenvalue weighted by Gasteiger charge is 2.35. The van der Waals surface area contributed by atoms with Crippen LogP contribution in [0.5, 0.6) is 0 Å². The Labute approximate surface area is 143 Å². The van der Waals surface area contributed by atoms with Crippen LogP contribution in [0.2, 0.25) is 0 Å². The largest absolute Gasteiger partial charge is 0.463 e. The first-order valence-electron chi connectivity index (χ1n) is 7.74. The van der Waals surface area contributed by atoms with Crippen LogP contribution < -0.4 is 5.73 Å². The number of rotatable bonds is 4. The highest BCUT2D eigenvalue weighted by atomic mass is 32.1. The summed E-state index contributed by atoms with van der Waals surface area (Å²) in [6.07, 6.45) is 1.72. The summed E-state index contributed by atoms with van der Waals surface area (Å²) in [6.45, 7) is 3.64. The van der Waals surface area contributed by atoms with E-state index in [1.165, 1.54) is 11.3 Å². The van der Waals surface area contributed by atoms with Gasteiger partial charge in [0.2, 0.25) is 5.91 Å². The van der Waals surface area contributed by atoms with Crippen molar-refractivity contribution in [3.63, 3.8) is 0 Å². The summed E-state index contributed by atoms with van der Waals surface area (Å²) in [4.78, 5) is 36.7. The Balaban J connectivity index is 1.94. The lowest BCUT2D eigenvalue weighted by molar-refractivity contribution is -0.139. The van der Waals surface area contributed by atoms with Crippen molar-refractivity contribution < 1.29 is 14.3 Å². The average Bonchev–Trinajstić information content (AvgIpc) is 3.14. The molecule has 24 heavy (non-hydrogen) atoms. The molecule has 0 radical (unpaired) electrons. The molecule has 0 saturated carbocycles. The van der Waals surface area contributed by atoms with Crippen LogP contribution in [-0.4, -0.2) is 71.8 Å². The van der Waals surface area contributed by atoms with Crippen LogP contribution in [0.3, 0.4) is 0 Å². The lowest BCUT2D eigenvalue weighted by atomic mass is 10.1. The zero-order chi connectivity index (χ0) is 17.1. The van der Waals surface area contributed by atoms with Gasteiger partial charge in [-0.2, -0.15) is 0 Å². The molecule has 1 amide bonds. The minimum Gasteiger partial charge on any atom is -0.463 e. The number of fused-ring (bicyclic) bond motifs is 1. The molecule has 0 bridgehead atoms. The maximum absolute atomic E-state index is 12.3. The highest BCUT2D eigenvalue weighted by molar-refractivity contribution is 7.11. The number of amidine groups is 1. The lowest BCUT2D eigenvalue weighted by Crippen LogP contribution is -2.53. The standard InChI is InChI=1S/C15H19N5O3S/c1-2-23-15(22)10-8-18-13(14-17-3-6-24-14)20-5-4-19(9-11(10)20)12(21)7-16/h3,6H,2,4-5,7-9,16H2,1H3. The molecule has 1 saturated heterocycles. The third-order valence-electron chi connectivity index (χ3n) is 3.92. The molecule has 0 aliphatic carbocycles. The normalized spacial score (nSPS) is 17.5. The van der Waals surface area contributed by atoms with E-state index in [1.54, 1.807) is 18.0 Å². The molecule has 8 nitrogen and oxygen atoms in total. The number of hydrogen-bond acceptors (Lipinski definition) is 8. The van der Waals surface area contributed by atoms with Gasteiger partial charge in [0, 0.05) is 24.7 Å². The Hall–Kier alpha value is -2.26. The Bertz CT molecular complexity index is 698. The van der Waals surface area contributed by atoms with E-state index in [9.17, 15) is 9.59 Å². The Morgan fingerprint density at radius 1 is 1.42 bits per heavy atom. The predicted octanol–water partition coefficient (Wildman–Crippen LogP) is -0.177. The third kappa shape index (κ3) is 3.04. The minimum atomic E-state index is -0.388. The molecule has 2 aliphatic heterocycles. The van der Waals surface area contributed by atoms with Gasteiger partial charge in [-0.25, -0.2) is 9.78 Å². The van der Waals surface area contributed by atoms with E-state index < -0.39 is 0 Å². The first-order chi connectivity index (χ1) is 11.7. The fraction of sp³-hybridized carbons (Fsp3) is 0.467. The molecule has 1 aromatic heterocycles. The van der Waals surface area contributed by atoms with Gasteiger partial charge in [0.1, 0.15) is 0 Å². The molecule has 0 atom stereocenters. The molecule has 3 rings (SSSR count). The van der Waals surface area contributed by atoms with Crippen LogP contribution in [0.1, 0.15) is 11.9 Å². The maximum Gasteiger partial charge on any atom is 0.337 e. The molecule has 3 heterocycles. The Morgan fingerprint density at radius 2 is 2.25 bits per heavy atom. The van der Waals surface area contributed by atoms with E-state index in [-0.39, 0.29) is 25.0 Å². The van der Waals surface area contributed by atoms with Crippen molar-refractivity contribution in [2.75, 3.05) is 39.3 Å². The zero-order valence-electron chi connectivity index (χ0n) is 13.4. The number of esters is 1. The highest BCUT2D eigenvalue weighted by Crippen LogP contribution is 2.26. The van der Waals surface area contributed by atoms with E-state index in [2.05, 4.69) is 9.98 Å². The topological polar surface area (TPSA) is 101 Å². The van der Waals surface area contributed by atoms with Gasteiger partial charge < -0.3 is 20.3 Å². The molecule has 1 fully saturated rings. The smallest absolute Gasteiger partial charge is 0.337 e. The van der Waals surface area contributed by atoms with Crippen molar-refractivity contribution >= 4 is 29.0 Å². The average molecular weight is 349 g/mol. The second kappa shape index (κ2) is 7.10. The number of carbonyl (C=O) groups excluding carboxylic acids is 2. The van der Waals surface area contributed by atoms with E-state index in [0.29, 0.717) is 31.8 Å². The summed E-state index contributed by atoms with van der Waals surface area (Å²) in [5, 5.41) is 2.69. The monoisotopic (exact) mass is 349 g/mol. The van der Waals surface area contributed by atoms with Crippen LogP contribution >= 0.6 is 11.3 Å². The fourth-order valence-electron chi connectivity index (χ4n) is 2.78. The summed E-state index contributed by atoms with van der Waals surface area (Å²) in [5.74, 6) is 0.220. The molecule has 2 aliphatic rings. The number of amides is 1. The predicted molar refractivity (Wildman–Crippen MR) is 89.5 cm³/mol. The number of hydrogen-bond donors (Lipinski definition) is 1. The number of aliphatic imine (C=N–C) groups is 1. The first-order valence-corrected chi connectivity index (χ1v) is 8.62. The van der Waals surface area contributed by atoms with Crippen molar-refractivity contribution in [3.8, 4) is 0 Å². The fourth-order valence-corrected chi connectivity index (χ4v) is 3.44. The molecule has 1 aromatic rings. The van der Waals surface area contributed by atoms with Gasteiger partial charge in [-0.15, -0.1) is 11.3 Å². The van der Waals surface area contributed by atoms with Gasteiger partial charge in [0.05, 0.1) is 37.5 Å². The van der Waals surface area contributed by atoms with Crippen molar-refractivity contribution in [3.05, 3.63) is 27.9 Å². The number of nitrogens with zero attached hydrogens (tertiary/aromatic N) is 4. The van der Waals surface area contributed by atoms with E-state index in [1.807, 2.05) is 10.3 Å². The Morgan fingerprint density at radius 3 is 2.92 bits per heavy atom. The molecule has 2 N–H and O–H groups in total. The maximum atomic E-state index is 12.3. The van der Waals surface area contributed by atoms with Crippen LogP contribution in [0.4, 0.5) is 0 Å². The summed E-state index contributed by atoms with van der Waals surface area (Å²) in [7, 11) is 0. The van der Waals surface area contributed by atoms with Crippen molar-refractivity contribution in [2.45, 2.75) is 6.92 Å². The lowest BCUT2D eigenvalue weighted by Gasteiger charge is -2.40. The van der Waals surface area contributed by atoms with Gasteiger partial charge >= 0.3 is 5.97 Å². The Kier molecular flexibility index (Phi) is 4.91. The van der Waals surface area contributed by atoms with Gasteiger partial charge in [-0.05, 0) is 6.92 Å². The number of carbonyl (C=O) groups is 2. The molecular weight excluding hydrogens is 330 g/mol. The number of thiazole rings is 1. The van der Waals surface area contributed by atoms with E-state index in [4.69, 9.17) is 10.5 Å². The molecule has 128 valence electrons. The molecule has 0 aromatic carbocycles. The van der Waals surface area contributed by atoms with Crippen LogP contribution in [-0.2, 0) is 14.3 Å². The summed E-state index contributed by atoms with van der Waals surface area (Å²) < 4.78 is 5.14. The molecule has 9 heteroatoms. The van der Waals surface area contributed by atoms with Crippen molar-refractivity contribution in [1.82, 2.24) is 14.8 Å². The number of nitrogens with two attached hydrogens (primary N) is 1. The number of piperazine rings is 1. The van der Waals surface area contributed by atoms with E-state index in [0.717, 1.165) is 16.5 Å². The summed E-state index contributed by atoms with van der Waals surface area (Å²) >= 11 is 1.49. The second-order valence-electron chi connectivity index (χ2n) is 5.29. The molecular formula is C15H19N5O3S. The molecule has 0 unspecified atom stereocenters. The number of aromatic nitrogens is 1. The second-order valence-corrected chi connectivity index (χ2v) is 6.19. The first kappa shape index (κ1) is 16.6. The number of ether oxygens (including phenoxy) is 1. The summed E-state index contributed by atoms with van der Waals surface area (Å²) in [6, 6.07) is 0. The quantitative estimate of drug-likeness (QED) is 0.757. The van der Waals surface area contributed by atoms with E-state index >= 15 is 0 Å². The van der Waals surface area contributed by atoms with Crippen LogP contribution in [0.25, 0.3) is 0 Å².